The Labute approximate surface area is 83.7 Å². The Morgan fingerprint density at radius 1 is 1.33 bits per heavy atom. The number of alkyl halides is 3. The summed E-state index contributed by atoms with van der Waals surface area (Å²) in [6.45, 7) is 3.03. The first-order valence-electron chi connectivity index (χ1n) is 4.18. The third-order valence-electron chi connectivity index (χ3n) is 2.09. The van der Waals surface area contributed by atoms with E-state index in [9.17, 15) is 13.2 Å². The molecule has 78 valence electrons. The first-order chi connectivity index (χ1) is 6.98. The summed E-state index contributed by atoms with van der Waals surface area (Å²) < 4.78 is 38.6. The molecule has 0 spiro atoms. The molecule has 2 aromatic heterocycles. The van der Waals surface area contributed by atoms with Gasteiger partial charge in [0.25, 0.3) is 0 Å². The lowest BCUT2D eigenvalue weighted by atomic mass is 10.1. The van der Waals surface area contributed by atoms with Crippen LogP contribution in [0.1, 0.15) is 5.56 Å². The maximum atomic E-state index is 12.3. The Balaban J connectivity index is 2.49. The van der Waals surface area contributed by atoms with Crippen LogP contribution in [-0.4, -0.2) is 15.6 Å². The summed E-state index contributed by atoms with van der Waals surface area (Å²) in [6.07, 6.45) is 0.310. The van der Waals surface area contributed by atoms with Gasteiger partial charge in [0.05, 0.1) is 5.57 Å². The van der Waals surface area contributed by atoms with Gasteiger partial charge in [0.1, 0.15) is 5.65 Å². The predicted octanol–water partition coefficient (Wildman–Crippen LogP) is 2.91. The smallest absolute Gasteiger partial charge is 0.307 e. The summed E-state index contributed by atoms with van der Waals surface area (Å²) in [7, 11) is 0. The van der Waals surface area contributed by atoms with Crippen LogP contribution in [0.5, 0.6) is 0 Å². The fraction of sp³-hybridized carbons (Fsp3) is 0.100. The second kappa shape index (κ2) is 3.12. The third-order valence-corrected chi connectivity index (χ3v) is 2.09. The molecule has 2 aromatic rings. The highest BCUT2D eigenvalue weighted by atomic mass is 19.4. The molecule has 5 heteroatoms. The highest BCUT2D eigenvalue weighted by Crippen LogP contribution is 2.32. The van der Waals surface area contributed by atoms with Crippen molar-refractivity contribution >= 4 is 11.2 Å². The zero-order valence-corrected chi connectivity index (χ0v) is 7.62. The highest BCUT2D eigenvalue weighted by molar-refractivity contribution is 5.69. The van der Waals surface area contributed by atoms with E-state index >= 15 is 0 Å². The summed E-state index contributed by atoms with van der Waals surface area (Å²) in [5, 5.41) is 0. The lowest BCUT2D eigenvalue weighted by molar-refractivity contribution is -0.0686. The molecule has 0 fully saturated rings. The average Bonchev–Trinajstić information content (AvgIpc) is 2.61. The molecule has 0 saturated carbocycles. The van der Waals surface area contributed by atoms with Gasteiger partial charge in [0.2, 0.25) is 0 Å². The average molecular weight is 212 g/mol. The van der Waals surface area contributed by atoms with E-state index in [1.54, 1.807) is 10.6 Å². The van der Waals surface area contributed by atoms with Gasteiger partial charge in [0, 0.05) is 18.6 Å². The molecule has 0 amide bonds. The number of aromatic nitrogens is 2. The number of pyridine rings is 1. The van der Waals surface area contributed by atoms with Gasteiger partial charge in [-0.15, -0.1) is 0 Å². The number of fused-ring (bicyclic) bond motifs is 1. The first kappa shape index (κ1) is 9.76. The number of allylic oxidation sites excluding steroid dienone is 1. The van der Waals surface area contributed by atoms with E-state index in [4.69, 9.17) is 0 Å². The molecular formula is C10H7F3N2. The van der Waals surface area contributed by atoms with E-state index in [0.717, 1.165) is 0 Å². The van der Waals surface area contributed by atoms with Crippen molar-refractivity contribution in [3.05, 3.63) is 42.9 Å². The summed E-state index contributed by atoms with van der Waals surface area (Å²) in [5.41, 5.74) is -0.341. The predicted molar refractivity (Wildman–Crippen MR) is 50.3 cm³/mol. The van der Waals surface area contributed by atoms with Gasteiger partial charge in [-0.05, 0) is 17.7 Å². The van der Waals surface area contributed by atoms with Crippen molar-refractivity contribution in [1.29, 1.82) is 0 Å². The normalized spacial score (nSPS) is 11.9. The van der Waals surface area contributed by atoms with Gasteiger partial charge in [-0.3, -0.25) is 0 Å². The second-order valence-corrected chi connectivity index (χ2v) is 3.08. The molecule has 2 nitrogen and oxygen atoms in total. The van der Waals surface area contributed by atoms with Crippen LogP contribution in [0, 0.1) is 0 Å². The van der Waals surface area contributed by atoms with Crippen molar-refractivity contribution < 1.29 is 13.2 Å². The zero-order valence-electron chi connectivity index (χ0n) is 7.62. The number of halogens is 3. The van der Waals surface area contributed by atoms with E-state index in [-0.39, 0.29) is 5.56 Å². The number of rotatable bonds is 1. The standard InChI is InChI=1S/C10H7F3N2/c1-7(10(11,12)13)8-2-4-15-5-3-14-9(15)6-8/h2-6H,1H2. The summed E-state index contributed by atoms with van der Waals surface area (Å²) in [6, 6.07) is 2.72. The van der Waals surface area contributed by atoms with Gasteiger partial charge in [-0.1, -0.05) is 6.58 Å². The summed E-state index contributed by atoms with van der Waals surface area (Å²) >= 11 is 0. The maximum Gasteiger partial charge on any atom is 0.416 e. The van der Waals surface area contributed by atoms with Crippen molar-refractivity contribution in [2.24, 2.45) is 0 Å². The lowest BCUT2D eigenvalue weighted by Crippen LogP contribution is -2.09. The van der Waals surface area contributed by atoms with Crippen LogP contribution in [0.25, 0.3) is 11.2 Å². The molecule has 0 aliphatic carbocycles. The minimum atomic E-state index is -4.40. The third kappa shape index (κ3) is 1.72. The largest absolute Gasteiger partial charge is 0.416 e. The van der Waals surface area contributed by atoms with Crippen LogP contribution in [-0.2, 0) is 0 Å². The summed E-state index contributed by atoms with van der Waals surface area (Å²) in [4.78, 5) is 3.90. The van der Waals surface area contributed by atoms with Gasteiger partial charge >= 0.3 is 6.18 Å². The van der Waals surface area contributed by atoms with Gasteiger partial charge < -0.3 is 4.40 Å². The molecule has 0 unspecified atom stereocenters. The zero-order chi connectivity index (χ0) is 11.1. The lowest BCUT2D eigenvalue weighted by Gasteiger charge is -2.09. The van der Waals surface area contributed by atoms with Crippen LogP contribution < -0.4 is 0 Å². The molecule has 0 aliphatic rings. The molecule has 0 aliphatic heterocycles. The van der Waals surface area contributed by atoms with Gasteiger partial charge in [-0.2, -0.15) is 13.2 Å². The number of hydrogen-bond acceptors (Lipinski definition) is 1. The monoisotopic (exact) mass is 212 g/mol. The number of hydrogen-bond donors (Lipinski definition) is 0. The molecule has 0 atom stereocenters. The SMILES string of the molecule is C=C(c1ccn2ccnc2c1)C(F)(F)F. The molecule has 0 saturated heterocycles. The Morgan fingerprint density at radius 3 is 2.73 bits per heavy atom. The topological polar surface area (TPSA) is 17.3 Å². The van der Waals surface area contributed by atoms with E-state index in [2.05, 4.69) is 11.6 Å². The fourth-order valence-corrected chi connectivity index (χ4v) is 1.26. The number of nitrogens with zero attached hydrogens (tertiary/aromatic N) is 2. The molecule has 0 radical (unpaired) electrons. The molecule has 0 bridgehead atoms. The van der Waals surface area contributed by atoms with Crippen molar-refractivity contribution in [3.63, 3.8) is 0 Å². The van der Waals surface area contributed by atoms with Crippen LogP contribution in [0.15, 0.2) is 37.3 Å². The fourth-order valence-electron chi connectivity index (χ4n) is 1.26. The highest BCUT2D eigenvalue weighted by Gasteiger charge is 2.32. The molecule has 2 heterocycles. The summed E-state index contributed by atoms with van der Waals surface area (Å²) in [5.74, 6) is 0. The quantitative estimate of drug-likeness (QED) is 0.710. The maximum absolute atomic E-state index is 12.3. The van der Waals surface area contributed by atoms with Crippen LogP contribution in [0.4, 0.5) is 13.2 Å². The Kier molecular flexibility index (Phi) is 2.03. The molecular weight excluding hydrogens is 205 g/mol. The Bertz CT molecular complexity index is 511. The van der Waals surface area contributed by atoms with Gasteiger partial charge in [-0.25, -0.2) is 4.98 Å². The van der Waals surface area contributed by atoms with E-state index in [1.165, 1.54) is 24.5 Å². The molecule has 0 aromatic carbocycles. The van der Waals surface area contributed by atoms with Crippen LogP contribution in [0.3, 0.4) is 0 Å². The van der Waals surface area contributed by atoms with Crippen LogP contribution >= 0.6 is 0 Å². The Hall–Kier alpha value is -1.78. The molecule has 15 heavy (non-hydrogen) atoms. The van der Waals surface area contributed by atoms with Crippen molar-refractivity contribution in [1.82, 2.24) is 9.38 Å². The molecule has 0 N–H and O–H groups in total. The molecule has 2 rings (SSSR count). The second-order valence-electron chi connectivity index (χ2n) is 3.08. The van der Waals surface area contributed by atoms with E-state index in [1.807, 2.05) is 0 Å². The van der Waals surface area contributed by atoms with Crippen molar-refractivity contribution in [2.75, 3.05) is 0 Å². The Morgan fingerprint density at radius 2 is 2.07 bits per heavy atom. The van der Waals surface area contributed by atoms with E-state index < -0.39 is 11.7 Å². The van der Waals surface area contributed by atoms with Crippen molar-refractivity contribution in [3.8, 4) is 0 Å². The van der Waals surface area contributed by atoms with Gasteiger partial charge in [0.15, 0.2) is 0 Å². The van der Waals surface area contributed by atoms with Crippen molar-refractivity contribution in [2.45, 2.75) is 6.18 Å². The minimum absolute atomic E-state index is 0.0428. The van der Waals surface area contributed by atoms with Crippen LogP contribution in [0.2, 0.25) is 0 Å². The first-order valence-corrected chi connectivity index (χ1v) is 4.18. The number of imidazole rings is 1. The minimum Gasteiger partial charge on any atom is -0.307 e. The van der Waals surface area contributed by atoms with E-state index in [0.29, 0.717) is 5.65 Å².